The lowest BCUT2D eigenvalue weighted by molar-refractivity contribution is -0.139. The van der Waals surface area contributed by atoms with E-state index in [9.17, 15) is 14.0 Å². The minimum absolute atomic E-state index is 0.00455. The van der Waals surface area contributed by atoms with E-state index in [0.717, 1.165) is 0 Å². The summed E-state index contributed by atoms with van der Waals surface area (Å²) in [6.07, 6.45) is 0. The van der Waals surface area contributed by atoms with Crippen molar-refractivity contribution < 1.29 is 18.7 Å². The molecular formula is C10H9BrClFN2O3. The lowest BCUT2D eigenvalue weighted by Crippen LogP contribution is -2.30. The second-order valence-electron chi connectivity index (χ2n) is 3.21. The van der Waals surface area contributed by atoms with E-state index in [1.165, 1.54) is 13.2 Å². The monoisotopic (exact) mass is 338 g/mol. The van der Waals surface area contributed by atoms with E-state index >= 15 is 0 Å². The minimum Gasteiger partial charge on any atom is -0.468 e. The van der Waals surface area contributed by atoms with Crippen LogP contribution < -0.4 is 11.1 Å². The van der Waals surface area contributed by atoms with Gasteiger partial charge in [-0.15, -0.1) is 0 Å². The molecule has 0 aliphatic carbocycles. The lowest BCUT2D eigenvalue weighted by Gasteiger charge is -2.09. The summed E-state index contributed by atoms with van der Waals surface area (Å²) in [6, 6.07) is 1.21. The van der Waals surface area contributed by atoms with Gasteiger partial charge in [0.05, 0.1) is 27.9 Å². The standard InChI is InChI=1S/C10H9BrClFN2O3/c1-18-6(16)3-15-10(17)4-2-5(12)7(11)8(13)9(4)14/h2H,3,14H2,1H3,(H,15,17). The molecular weight excluding hydrogens is 330 g/mol. The highest BCUT2D eigenvalue weighted by Gasteiger charge is 2.18. The van der Waals surface area contributed by atoms with Crippen molar-refractivity contribution in [2.75, 3.05) is 19.4 Å². The SMILES string of the molecule is COC(=O)CNC(=O)c1cc(Cl)c(Br)c(F)c1N. The van der Waals surface area contributed by atoms with Gasteiger partial charge in [-0.25, -0.2) is 4.39 Å². The van der Waals surface area contributed by atoms with Gasteiger partial charge in [0.2, 0.25) is 0 Å². The van der Waals surface area contributed by atoms with Crippen LogP contribution in [0.3, 0.4) is 0 Å². The molecule has 98 valence electrons. The molecule has 0 aromatic heterocycles. The lowest BCUT2D eigenvalue weighted by atomic mass is 10.1. The molecule has 0 saturated carbocycles. The summed E-state index contributed by atoms with van der Waals surface area (Å²) < 4.78 is 17.9. The van der Waals surface area contributed by atoms with Gasteiger partial charge < -0.3 is 15.8 Å². The highest BCUT2D eigenvalue weighted by atomic mass is 79.9. The summed E-state index contributed by atoms with van der Waals surface area (Å²) >= 11 is 8.60. The molecule has 0 aliphatic rings. The fourth-order valence-corrected chi connectivity index (χ4v) is 1.64. The van der Waals surface area contributed by atoms with Gasteiger partial charge >= 0.3 is 5.97 Å². The summed E-state index contributed by atoms with van der Waals surface area (Å²) in [6.45, 7) is -0.343. The largest absolute Gasteiger partial charge is 0.468 e. The summed E-state index contributed by atoms with van der Waals surface area (Å²) in [7, 11) is 1.18. The van der Waals surface area contributed by atoms with Crippen molar-refractivity contribution in [3.63, 3.8) is 0 Å². The number of nitrogen functional groups attached to an aromatic ring is 1. The van der Waals surface area contributed by atoms with Crippen molar-refractivity contribution in [1.82, 2.24) is 5.32 Å². The maximum Gasteiger partial charge on any atom is 0.325 e. The number of halogens is 3. The number of carbonyl (C=O) groups excluding carboxylic acids is 2. The van der Waals surface area contributed by atoms with E-state index < -0.39 is 17.7 Å². The zero-order valence-corrected chi connectivity index (χ0v) is 11.6. The smallest absolute Gasteiger partial charge is 0.325 e. The van der Waals surface area contributed by atoms with Gasteiger partial charge in [0, 0.05) is 0 Å². The predicted octanol–water partition coefficient (Wildman–Crippen LogP) is 1.73. The number of methoxy groups -OCH3 is 1. The molecule has 0 radical (unpaired) electrons. The maximum absolute atomic E-state index is 13.5. The van der Waals surface area contributed by atoms with Crippen LogP contribution in [-0.2, 0) is 9.53 Å². The molecule has 0 heterocycles. The van der Waals surface area contributed by atoms with Crippen molar-refractivity contribution in [1.29, 1.82) is 0 Å². The van der Waals surface area contributed by atoms with Crippen molar-refractivity contribution in [2.24, 2.45) is 0 Å². The molecule has 0 fully saturated rings. The molecule has 0 atom stereocenters. The van der Waals surface area contributed by atoms with Crippen molar-refractivity contribution >= 4 is 45.1 Å². The normalized spacial score (nSPS) is 10.0. The first kappa shape index (κ1) is 14.7. The molecule has 3 N–H and O–H groups in total. The predicted molar refractivity (Wildman–Crippen MR) is 67.9 cm³/mol. The number of hydrogen-bond donors (Lipinski definition) is 2. The summed E-state index contributed by atoms with van der Waals surface area (Å²) in [5, 5.41) is 2.23. The molecule has 5 nitrogen and oxygen atoms in total. The van der Waals surface area contributed by atoms with Gasteiger partial charge in [0.1, 0.15) is 6.54 Å². The van der Waals surface area contributed by atoms with E-state index in [4.69, 9.17) is 17.3 Å². The average molecular weight is 340 g/mol. The number of nitrogens with one attached hydrogen (secondary N) is 1. The fraction of sp³-hybridized carbons (Fsp3) is 0.200. The summed E-state index contributed by atoms with van der Waals surface area (Å²) in [5.74, 6) is -2.18. The molecule has 1 aromatic rings. The third kappa shape index (κ3) is 3.11. The zero-order chi connectivity index (χ0) is 13.9. The third-order valence-electron chi connectivity index (χ3n) is 2.07. The van der Waals surface area contributed by atoms with Crippen LogP contribution in [0.1, 0.15) is 10.4 Å². The van der Waals surface area contributed by atoms with Crippen molar-refractivity contribution in [3.05, 3.63) is 26.9 Å². The Morgan fingerprint density at radius 1 is 1.61 bits per heavy atom. The molecule has 0 spiro atoms. The van der Waals surface area contributed by atoms with E-state index in [-0.39, 0.29) is 27.3 Å². The number of benzene rings is 1. The molecule has 1 rings (SSSR count). The third-order valence-corrected chi connectivity index (χ3v) is 3.37. The second-order valence-corrected chi connectivity index (χ2v) is 4.41. The van der Waals surface area contributed by atoms with Crippen LogP contribution in [0.5, 0.6) is 0 Å². The van der Waals surface area contributed by atoms with Gasteiger partial charge in [-0.3, -0.25) is 9.59 Å². The quantitative estimate of drug-likeness (QED) is 0.499. The van der Waals surface area contributed by atoms with Gasteiger partial charge in [0.25, 0.3) is 5.91 Å². The summed E-state index contributed by atoms with van der Waals surface area (Å²) in [5.41, 5.74) is 4.95. The number of esters is 1. The van der Waals surface area contributed by atoms with Crippen molar-refractivity contribution in [2.45, 2.75) is 0 Å². The molecule has 0 saturated heterocycles. The zero-order valence-electron chi connectivity index (χ0n) is 9.22. The maximum atomic E-state index is 13.5. The molecule has 0 unspecified atom stereocenters. The van der Waals surface area contributed by atoms with Crippen molar-refractivity contribution in [3.8, 4) is 0 Å². The first-order valence-electron chi connectivity index (χ1n) is 4.66. The molecule has 0 aliphatic heterocycles. The van der Waals surface area contributed by atoms with E-state index in [0.29, 0.717) is 0 Å². The molecule has 0 bridgehead atoms. The van der Waals surface area contributed by atoms with Crippen LogP contribution in [0.2, 0.25) is 5.02 Å². The average Bonchev–Trinajstić information content (AvgIpc) is 2.37. The van der Waals surface area contributed by atoms with Gasteiger partial charge in [-0.2, -0.15) is 0 Å². The van der Waals surface area contributed by atoms with Crippen LogP contribution in [0.4, 0.5) is 10.1 Å². The molecule has 18 heavy (non-hydrogen) atoms. The number of ether oxygens (including phenoxy) is 1. The van der Waals surface area contributed by atoms with Gasteiger partial charge in [-0.05, 0) is 22.0 Å². The molecule has 1 aromatic carbocycles. The van der Waals surface area contributed by atoms with Crippen LogP contribution in [0.15, 0.2) is 10.5 Å². The topological polar surface area (TPSA) is 81.4 Å². The number of rotatable bonds is 3. The number of nitrogens with two attached hydrogens (primary N) is 1. The fourth-order valence-electron chi connectivity index (χ4n) is 1.12. The van der Waals surface area contributed by atoms with E-state index in [1.54, 1.807) is 0 Å². The second kappa shape index (κ2) is 6.01. The highest BCUT2D eigenvalue weighted by Crippen LogP contribution is 2.31. The van der Waals surface area contributed by atoms with E-state index in [2.05, 4.69) is 26.0 Å². The van der Waals surface area contributed by atoms with Gasteiger partial charge in [-0.1, -0.05) is 11.6 Å². The number of amides is 1. The number of carbonyl (C=O) groups is 2. The highest BCUT2D eigenvalue weighted by molar-refractivity contribution is 9.10. The minimum atomic E-state index is -0.828. The molecule has 1 amide bonds. The Kier molecular flexibility index (Phi) is 4.92. The Morgan fingerprint density at radius 3 is 2.78 bits per heavy atom. The first-order valence-corrected chi connectivity index (χ1v) is 5.83. The van der Waals surface area contributed by atoms with Crippen LogP contribution in [0.25, 0.3) is 0 Å². The Labute approximate surface area is 116 Å². The number of hydrogen-bond acceptors (Lipinski definition) is 4. The first-order chi connectivity index (χ1) is 8.38. The van der Waals surface area contributed by atoms with Crippen LogP contribution in [-0.4, -0.2) is 25.5 Å². The number of anilines is 1. The van der Waals surface area contributed by atoms with Crippen LogP contribution >= 0.6 is 27.5 Å². The Balaban J connectivity index is 2.97. The Bertz CT molecular complexity index is 510. The molecule has 8 heteroatoms. The Morgan fingerprint density at radius 2 is 2.22 bits per heavy atom. The van der Waals surface area contributed by atoms with Crippen LogP contribution in [0, 0.1) is 5.82 Å². The summed E-state index contributed by atoms with van der Waals surface area (Å²) in [4.78, 5) is 22.5. The van der Waals surface area contributed by atoms with Gasteiger partial charge in [0.15, 0.2) is 5.82 Å². The van der Waals surface area contributed by atoms with E-state index in [1.807, 2.05) is 0 Å². The Hall–Kier alpha value is -1.34.